The second-order valence-corrected chi connectivity index (χ2v) is 5.14. The minimum atomic E-state index is -0.424. The molecule has 1 aliphatic rings. The maximum atomic E-state index is 13.2. The number of hydrogen-bond donors (Lipinski definition) is 2. The molecule has 1 aromatic carbocycles. The molecular weight excluding hydrogens is 275 g/mol. The van der Waals surface area contributed by atoms with Gasteiger partial charge in [0.25, 0.3) is 5.91 Å². The van der Waals surface area contributed by atoms with E-state index in [9.17, 15) is 9.18 Å². The van der Waals surface area contributed by atoms with E-state index in [2.05, 4.69) is 20.5 Å². The summed E-state index contributed by atoms with van der Waals surface area (Å²) < 4.78 is 13.6. The predicted octanol–water partition coefficient (Wildman–Crippen LogP) is 2.41. The van der Waals surface area contributed by atoms with Gasteiger partial charge < -0.3 is 5.32 Å². The number of anilines is 1. The van der Waals surface area contributed by atoms with Gasteiger partial charge in [-0.05, 0) is 30.4 Å². The molecular formula is C10H5FN4OS2. The van der Waals surface area contributed by atoms with Crippen molar-refractivity contribution in [3.63, 3.8) is 0 Å². The Balaban J connectivity index is 2.14. The summed E-state index contributed by atoms with van der Waals surface area (Å²) in [6.45, 7) is 0. The summed E-state index contributed by atoms with van der Waals surface area (Å²) in [5.41, 5.74) is 1.11. The highest BCUT2D eigenvalue weighted by atomic mass is 32.1. The first-order valence-electron chi connectivity index (χ1n) is 4.89. The van der Waals surface area contributed by atoms with Crippen molar-refractivity contribution in [2.24, 2.45) is 4.99 Å². The lowest BCUT2D eigenvalue weighted by Gasteiger charge is -1.96. The Labute approximate surface area is 109 Å². The van der Waals surface area contributed by atoms with E-state index in [1.807, 2.05) is 0 Å². The average molecular weight is 280 g/mol. The van der Waals surface area contributed by atoms with Gasteiger partial charge in [-0.25, -0.2) is 9.38 Å². The maximum Gasteiger partial charge on any atom is 0.275 e. The third kappa shape index (κ3) is 1.85. The lowest BCUT2D eigenvalue weighted by atomic mass is 10.1. The molecule has 1 amide bonds. The molecule has 90 valence electrons. The van der Waals surface area contributed by atoms with Gasteiger partial charge in [-0.1, -0.05) is 11.3 Å². The summed E-state index contributed by atoms with van der Waals surface area (Å²) in [6, 6.07) is 4.04. The van der Waals surface area contributed by atoms with Gasteiger partial charge in [-0.15, -0.1) is 5.10 Å². The highest BCUT2D eigenvalue weighted by Crippen LogP contribution is 2.26. The van der Waals surface area contributed by atoms with E-state index in [1.165, 1.54) is 18.2 Å². The molecule has 2 N–H and O–H groups in total. The fourth-order valence-corrected chi connectivity index (χ4v) is 2.36. The molecule has 5 nitrogen and oxygen atoms in total. The Morgan fingerprint density at radius 3 is 3.00 bits per heavy atom. The first kappa shape index (κ1) is 11.2. The number of fused-ring (bicyclic) bond motifs is 1. The van der Waals surface area contributed by atoms with E-state index in [4.69, 9.17) is 12.2 Å². The van der Waals surface area contributed by atoms with Gasteiger partial charge in [0.2, 0.25) is 5.13 Å². The monoisotopic (exact) mass is 280 g/mol. The van der Waals surface area contributed by atoms with Crippen molar-refractivity contribution in [2.45, 2.75) is 0 Å². The number of nitrogens with zero attached hydrogens (tertiary/aromatic N) is 2. The van der Waals surface area contributed by atoms with Crippen molar-refractivity contribution in [3.05, 3.63) is 33.5 Å². The van der Waals surface area contributed by atoms with Crippen molar-refractivity contribution in [2.75, 3.05) is 5.32 Å². The molecule has 2 aromatic rings. The van der Waals surface area contributed by atoms with Gasteiger partial charge in [0.1, 0.15) is 11.5 Å². The van der Waals surface area contributed by atoms with Crippen LogP contribution >= 0.6 is 23.6 Å². The highest BCUT2D eigenvalue weighted by molar-refractivity contribution is 7.73. The van der Waals surface area contributed by atoms with E-state index < -0.39 is 5.82 Å². The molecule has 3 rings (SSSR count). The van der Waals surface area contributed by atoms with Gasteiger partial charge in [0, 0.05) is 5.56 Å². The Hall–Kier alpha value is -1.93. The van der Waals surface area contributed by atoms with Crippen LogP contribution in [0.5, 0.6) is 0 Å². The van der Waals surface area contributed by atoms with Gasteiger partial charge >= 0.3 is 0 Å². The zero-order valence-corrected chi connectivity index (χ0v) is 10.4. The molecule has 1 aliphatic heterocycles. The van der Waals surface area contributed by atoms with Crippen LogP contribution < -0.4 is 5.32 Å². The van der Waals surface area contributed by atoms with E-state index in [-0.39, 0.29) is 11.6 Å². The van der Waals surface area contributed by atoms with Crippen LogP contribution in [0.25, 0.3) is 0 Å². The van der Waals surface area contributed by atoms with Crippen LogP contribution in [0.15, 0.2) is 23.2 Å². The molecule has 8 heteroatoms. The summed E-state index contributed by atoms with van der Waals surface area (Å²) in [4.78, 5) is 15.8. The molecule has 0 radical (unpaired) electrons. The molecule has 2 heterocycles. The number of H-pyrrole nitrogens is 1. The van der Waals surface area contributed by atoms with Crippen LogP contribution in [0.2, 0.25) is 0 Å². The number of aromatic nitrogens is 2. The zero-order valence-electron chi connectivity index (χ0n) is 8.73. The van der Waals surface area contributed by atoms with Crippen molar-refractivity contribution >= 4 is 46.0 Å². The van der Waals surface area contributed by atoms with E-state index in [0.29, 0.717) is 20.3 Å². The number of nitrogens with one attached hydrogen (secondary N) is 2. The molecule has 0 saturated heterocycles. The predicted molar refractivity (Wildman–Crippen MR) is 68.5 cm³/mol. The molecule has 18 heavy (non-hydrogen) atoms. The lowest BCUT2D eigenvalue weighted by Crippen LogP contribution is -2.13. The fourth-order valence-electron chi connectivity index (χ4n) is 1.60. The molecule has 0 aliphatic carbocycles. The minimum absolute atomic E-state index is 0.141. The number of carbonyl (C=O) groups is 1. The van der Waals surface area contributed by atoms with Gasteiger partial charge in [0.05, 0.1) is 5.69 Å². The smallest absolute Gasteiger partial charge is 0.275 e. The van der Waals surface area contributed by atoms with E-state index in [1.54, 1.807) is 0 Å². The second kappa shape index (κ2) is 4.07. The molecule has 0 spiro atoms. The number of halogens is 1. The molecule has 0 fully saturated rings. The maximum absolute atomic E-state index is 13.2. The molecule has 0 atom stereocenters. The standard InChI is InChI=1S/C10H5FN4OS2/c11-4-1-2-6-5(3-4)7(8(16)12-6)13-9-14-15-10(17)18-9/h1-3H,(H,15,17)(H,12,13,14,16). The SMILES string of the molecule is O=C1Nc2ccc(F)cc2/C1=N/c1n[nH]c(=S)s1. The average Bonchev–Trinajstić information content (AvgIpc) is 2.86. The Morgan fingerprint density at radius 2 is 2.28 bits per heavy atom. The number of aliphatic imine (C=N–C) groups is 1. The van der Waals surface area contributed by atoms with Crippen molar-refractivity contribution in [1.29, 1.82) is 0 Å². The summed E-state index contributed by atoms with van der Waals surface area (Å²) in [5.74, 6) is -0.802. The van der Waals surface area contributed by atoms with Crippen molar-refractivity contribution in [3.8, 4) is 0 Å². The molecule has 0 saturated carbocycles. The minimum Gasteiger partial charge on any atom is -0.320 e. The third-order valence-electron chi connectivity index (χ3n) is 2.33. The van der Waals surface area contributed by atoms with Crippen LogP contribution in [0.3, 0.4) is 0 Å². The van der Waals surface area contributed by atoms with Gasteiger partial charge in [-0.3, -0.25) is 9.89 Å². The Morgan fingerprint density at radius 1 is 1.44 bits per heavy atom. The topological polar surface area (TPSA) is 70.1 Å². The largest absolute Gasteiger partial charge is 0.320 e. The van der Waals surface area contributed by atoms with Crippen LogP contribution in [0, 0.1) is 9.77 Å². The van der Waals surface area contributed by atoms with Gasteiger partial charge in [0.15, 0.2) is 3.95 Å². The van der Waals surface area contributed by atoms with Crippen LogP contribution in [0.1, 0.15) is 5.56 Å². The summed E-state index contributed by atoms with van der Waals surface area (Å²) in [5, 5.41) is 9.34. The molecule has 1 aromatic heterocycles. The van der Waals surface area contributed by atoms with Crippen LogP contribution in [-0.2, 0) is 4.79 Å². The first-order chi connectivity index (χ1) is 8.63. The number of hydrogen-bond acceptors (Lipinski definition) is 5. The van der Waals surface area contributed by atoms with E-state index >= 15 is 0 Å². The number of benzene rings is 1. The normalized spacial score (nSPS) is 15.8. The van der Waals surface area contributed by atoms with Gasteiger partial charge in [-0.2, -0.15) is 0 Å². The fraction of sp³-hybridized carbons (Fsp3) is 0. The van der Waals surface area contributed by atoms with Crippen molar-refractivity contribution < 1.29 is 9.18 Å². The highest BCUT2D eigenvalue weighted by Gasteiger charge is 2.26. The zero-order chi connectivity index (χ0) is 12.7. The lowest BCUT2D eigenvalue weighted by molar-refractivity contribution is -0.110. The summed E-state index contributed by atoms with van der Waals surface area (Å²) >= 11 is 6.01. The van der Waals surface area contributed by atoms with Crippen molar-refractivity contribution in [1.82, 2.24) is 10.2 Å². The second-order valence-electron chi connectivity index (χ2n) is 3.50. The van der Waals surface area contributed by atoms with Crippen LogP contribution in [0.4, 0.5) is 15.2 Å². The van der Waals surface area contributed by atoms with Crippen LogP contribution in [-0.4, -0.2) is 21.8 Å². The number of rotatable bonds is 1. The molecule has 0 bridgehead atoms. The summed E-state index contributed by atoms with van der Waals surface area (Å²) in [7, 11) is 0. The molecule has 0 unspecified atom stereocenters. The van der Waals surface area contributed by atoms with E-state index in [0.717, 1.165) is 11.3 Å². The summed E-state index contributed by atoms with van der Waals surface area (Å²) in [6.07, 6.45) is 0. The Bertz CT molecular complexity index is 733. The number of aromatic amines is 1. The Kier molecular flexibility index (Phi) is 2.53. The number of amides is 1. The quantitative estimate of drug-likeness (QED) is 0.788. The first-order valence-corrected chi connectivity index (χ1v) is 6.11. The number of carbonyl (C=O) groups excluding carboxylic acids is 1. The third-order valence-corrected chi connectivity index (χ3v) is 3.32.